The summed E-state index contributed by atoms with van der Waals surface area (Å²) in [6.07, 6.45) is 5.86. The summed E-state index contributed by atoms with van der Waals surface area (Å²) in [5.41, 5.74) is 0.973. The van der Waals surface area contributed by atoms with E-state index in [0.29, 0.717) is 10.8 Å². The highest BCUT2D eigenvalue weighted by molar-refractivity contribution is 8.00. The summed E-state index contributed by atoms with van der Waals surface area (Å²) >= 11 is 2.91. The minimum absolute atomic E-state index is 0.0230. The molecule has 2 aromatic rings. The average molecular weight is 760 g/mol. The van der Waals surface area contributed by atoms with E-state index in [1.165, 1.54) is 18.3 Å². The molecule has 3 amide bonds. The van der Waals surface area contributed by atoms with Gasteiger partial charge in [0.15, 0.2) is 6.10 Å². The fourth-order valence-corrected chi connectivity index (χ4v) is 8.36. The predicted octanol–water partition coefficient (Wildman–Crippen LogP) is 3.50. The number of likely N-dealkylation sites (tertiary alicyclic amines) is 1. The molecule has 2 fully saturated rings. The van der Waals surface area contributed by atoms with Gasteiger partial charge in [-0.1, -0.05) is 27.2 Å². The van der Waals surface area contributed by atoms with Crippen molar-refractivity contribution in [3.8, 4) is 0 Å². The lowest BCUT2D eigenvalue weighted by Gasteiger charge is -2.40. The Morgan fingerprint density at radius 3 is 2.35 bits per heavy atom. The number of aryl methyl sites for hydroxylation is 1. The Morgan fingerprint density at radius 2 is 1.77 bits per heavy atom. The first-order chi connectivity index (χ1) is 24.6. The number of hydrogen-bond acceptors (Lipinski definition) is 12. The van der Waals surface area contributed by atoms with E-state index in [0.717, 1.165) is 42.9 Å². The second kappa shape index (κ2) is 18.9. The summed E-state index contributed by atoms with van der Waals surface area (Å²) in [6, 6.07) is -1.90. The number of thioether (sulfide) groups is 1. The molecule has 2 aliphatic heterocycles. The van der Waals surface area contributed by atoms with Gasteiger partial charge in [-0.3, -0.25) is 28.9 Å². The molecular weight excluding hydrogens is 707 g/mol. The maximum absolute atomic E-state index is 14.2. The van der Waals surface area contributed by atoms with Gasteiger partial charge in [0, 0.05) is 62.6 Å². The molecule has 4 rings (SSSR count). The van der Waals surface area contributed by atoms with Crippen molar-refractivity contribution in [2.45, 2.75) is 103 Å². The summed E-state index contributed by atoms with van der Waals surface area (Å²) in [6.45, 7) is 9.55. The molecule has 52 heavy (non-hydrogen) atoms. The molecule has 3 N–H and O–H groups in total. The van der Waals surface area contributed by atoms with Gasteiger partial charge in [0.2, 0.25) is 11.8 Å². The fourth-order valence-electron chi connectivity index (χ4n) is 6.63. The van der Waals surface area contributed by atoms with Crippen LogP contribution in [0.5, 0.6) is 0 Å². The highest BCUT2D eigenvalue weighted by Gasteiger charge is 2.41. The van der Waals surface area contributed by atoms with Crippen LogP contribution in [0.4, 0.5) is 0 Å². The quantitative estimate of drug-likeness (QED) is 0.200. The van der Waals surface area contributed by atoms with Gasteiger partial charge in [-0.2, -0.15) is 11.8 Å². The molecule has 0 radical (unpaired) electrons. The van der Waals surface area contributed by atoms with Gasteiger partial charge in [0.05, 0.1) is 12.0 Å². The van der Waals surface area contributed by atoms with Gasteiger partial charge in [0.25, 0.3) is 5.91 Å². The lowest BCUT2D eigenvalue weighted by molar-refractivity contribution is -0.149. The monoisotopic (exact) mass is 759 g/mol. The lowest BCUT2D eigenvalue weighted by atomic mass is 9.93. The molecule has 0 spiro atoms. The zero-order chi connectivity index (χ0) is 38.1. The molecule has 0 unspecified atom stereocenters. The minimum atomic E-state index is -0.982. The maximum Gasteiger partial charge on any atom is 0.306 e. The number of nitrogens with one attached hydrogen (secondary N) is 2. The third kappa shape index (κ3) is 11.2. The van der Waals surface area contributed by atoms with E-state index in [1.54, 1.807) is 48.4 Å². The molecule has 2 saturated heterocycles. The molecular formula is C36H53N7O7S2. The number of thiazole rings is 1. The summed E-state index contributed by atoms with van der Waals surface area (Å²) in [5, 5.41) is 17.5. The fraction of sp³-hybridized carbons (Fsp3) is 0.667. The minimum Gasteiger partial charge on any atom is -0.481 e. The van der Waals surface area contributed by atoms with Gasteiger partial charge >= 0.3 is 11.9 Å². The Morgan fingerprint density at radius 1 is 1.08 bits per heavy atom. The largest absolute Gasteiger partial charge is 0.481 e. The summed E-state index contributed by atoms with van der Waals surface area (Å²) in [7, 11) is 3.67. The number of carbonyl (C=O) groups excluding carboxylic acids is 4. The van der Waals surface area contributed by atoms with E-state index in [4.69, 9.17) is 4.74 Å². The van der Waals surface area contributed by atoms with Crippen LogP contribution >= 0.6 is 23.1 Å². The first kappa shape index (κ1) is 41.1. The summed E-state index contributed by atoms with van der Waals surface area (Å²) in [5.74, 6) is -1.04. The van der Waals surface area contributed by atoms with Crippen LogP contribution < -0.4 is 10.6 Å². The van der Waals surface area contributed by atoms with Crippen molar-refractivity contribution < 1.29 is 33.8 Å². The van der Waals surface area contributed by atoms with Gasteiger partial charge < -0.3 is 25.4 Å². The highest BCUT2D eigenvalue weighted by atomic mass is 32.2. The number of aromatic nitrogens is 3. The number of carboxylic acid groups (broad SMARTS) is 1. The second-order valence-corrected chi connectivity index (χ2v) is 16.4. The number of hydrogen-bond donors (Lipinski definition) is 3. The van der Waals surface area contributed by atoms with Crippen molar-refractivity contribution in [3.05, 3.63) is 39.9 Å². The molecule has 2 aliphatic rings. The molecule has 0 saturated carbocycles. The van der Waals surface area contributed by atoms with Gasteiger partial charge in [-0.15, -0.1) is 11.3 Å². The first-order valence-corrected chi connectivity index (χ1v) is 20.0. The number of ether oxygens (including phenoxy) is 1. The van der Waals surface area contributed by atoms with Crippen LogP contribution in [0.3, 0.4) is 0 Å². The second-order valence-electron chi connectivity index (χ2n) is 14.5. The number of carbonyl (C=O) groups is 5. The third-order valence-electron chi connectivity index (χ3n) is 9.84. The van der Waals surface area contributed by atoms with Crippen molar-refractivity contribution in [1.82, 2.24) is 35.4 Å². The number of rotatable bonds is 17. The molecule has 286 valence electrons. The van der Waals surface area contributed by atoms with Crippen molar-refractivity contribution in [1.29, 1.82) is 0 Å². The Labute approximate surface area is 314 Å². The van der Waals surface area contributed by atoms with Crippen molar-refractivity contribution in [3.63, 3.8) is 0 Å². The van der Waals surface area contributed by atoms with Crippen molar-refractivity contribution in [2.75, 3.05) is 32.1 Å². The topological polar surface area (TPSA) is 184 Å². The normalized spacial score (nSPS) is 19.4. The van der Waals surface area contributed by atoms with Crippen molar-refractivity contribution in [2.24, 2.45) is 17.8 Å². The lowest BCUT2D eigenvalue weighted by Crippen LogP contribution is -2.60. The average Bonchev–Trinajstić information content (AvgIpc) is 3.56. The molecule has 4 heterocycles. The Kier molecular flexibility index (Phi) is 15.0. The summed E-state index contributed by atoms with van der Waals surface area (Å²) in [4.78, 5) is 82.0. The van der Waals surface area contributed by atoms with E-state index >= 15 is 0 Å². The third-order valence-corrected chi connectivity index (χ3v) is 12.1. The van der Waals surface area contributed by atoms with Crippen LogP contribution in [-0.4, -0.2) is 116 Å². The Balaban J connectivity index is 1.50. The number of carboxylic acids is 1. The van der Waals surface area contributed by atoms with Crippen LogP contribution in [0.25, 0.3) is 0 Å². The Bertz CT molecular complexity index is 1550. The number of piperidine rings is 1. The van der Waals surface area contributed by atoms with Crippen LogP contribution in [-0.2, 0) is 30.3 Å². The molecule has 0 bridgehead atoms. The molecule has 14 nitrogen and oxygen atoms in total. The molecule has 6 atom stereocenters. The first-order valence-electron chi connectivity index (χ1n) is 17.9. The zero-order valence-corrected chi connectivity index (χ0v) is 32.8. The molecule has 2 aromatic heterocycles. The predicted molar refractivity (Wildman–Crippen MR) is 199 cm³/mol. The highest BCUT2D eigenvalue weighted by Crippen LogP contribution is 2.33. The van der Waals surface area contributed by atoms with E-state index in [9.17, 15) is 29.1 Å². The smallest absolute Gasteiger partial charge is 0.306 e. The van der Waals surface area contributed by atoms with Gasteiger partial charge in [0.1, 0.15) is 22.6 Å². The van der Waals surface area contributed by atoms with E-state index in [1.807, 2.05) is 27.8 Å². The number of esters is 1. The number of nitrogens with zero attached hydrogens (tertiary/aromatic N) is 5. The van der Waals surface area contributed by atoms with Crippen LogP contribution in [0.1, 0.15) is 92.8 Å². The van der Waals surface area contributed by atoms with Gasteiger partial charge in [-0.05, 0) is 62.8 Å². The number of amides is 3. The van der Waals surface area contributed by atoms with Gasteiger partial charge in [-0.25, -0.2) is 15.0 Å². The zero-order valence-electron chi connectivity index (χ0n) is 31.2. The number of aliphatic carboxylic acids is 1. The van der Waals surface area contributed by atoms with Crippen LogP contribution in [0.2, 0.25) is 0 Å². The van der Waals surface area contributed by atoms with E-state index in [-0.39, 0.29) is 60.7 Å². The Hall–Kier alpha value is -3.63. The summed E-state index contributed by atoms with van der Waals surface area (Å²) < 4.78 is 5.76. The standard InChI is InChI=1S/C36H53N7O7S2/c1-20(2)28(43(7)35(47)31(24-17-51-18-24)41-33(46)27-10-8-9-11-42(27)6)14-29(50-23(5)44)34-40-26(19-52-34)32(45)39-25(12-22(4)36(48)49)13-30-37-15-21(3)16-38-30/h15-16,19-20,22,24-25,27-29,31H,8-14,17-18H2,1-7H3,(H,39,45)(H,41,46)(H,48,49)/t22-,25+,27+,28+,29+,31-/m0/s1. The number of likely N-dealkylation sites (N-methyl/N-ethyl adjacent to an activating group) is 2. The van der Waals surface area contributed by atoms with Crippen LogP contribution in [0, 0.1) is 24.7 Å². The molecule has 0 aromatic carbocycles. The molecule has 0 aliphatic carbocycles. The van der Waals surface area contributed by atoms with E-state index in [2.05, 4.69) is 30.5 Å². The van der Waals surface area contributed by atoms with Crippen LogP contribution in [0.15, 0.2) is 17.8 Å². The van der Waals surface area contributed by atoms with E-state index < -0.39 is 42.0 Å². The van der Waals surface area contributed by atoms with Crippen molar-refractivity contribution >= 4 is 52.8 Å². The molecule has 16 heteroatoms. The maximum atomic E-state index is 14.2. The SMILES string of the molecule is CC(=O)O[C@H](C[C@H](C(C)C)N(C)C(=O)[C@@H](NC(=O)[C@H]1CCCCN1C)C1CSC1)c1nc(C(=O)N[C@@H](Cc2ncc(C)cn2)C[C@H](C)C(=O)O)cs1.